The van der Waals surface area contributed by atoms with E-state index in [2.05, 4.69) is 0 Å². The van der Waals surface area contributed by atoms with Crippen molar-refractivity contribution in [3.63, 3.8) is 0 Å². The third-order valence-electron chi connectivity index (χ3n) is 2.58. The van der Waals surface area contributed by atoms with Crippen LogP contribution in [-0.4, -0.2) is 48.3 Å². The van der Waals surface area contributed by atoms with Crippen molar-refractivity contribution in [1.29, 1.82) is 0 Å². The zero-order valence-electron chi connectivity index (χ0n) is 10.4. The Morgan fingerprint density at radius 2 is 1.93 bits per heavy atom. The van der Waals surface area contributed by atoms with Gasteiger partial charge in [-0.3, -0.25) is 9.69 Å². The summed E-state index contributed by atoms with van der Waals surface area (Å²) in [7, 11) is 1.63. The van der Waals surface area contributed by atoms with Crippen LogP contribution in [0.2, 0.25) is 0 Å². The van der Waals surface area contributed by atoms with Crippen LogP contribution in [0.1, 0.15) is 27.7 Å². The zero-order valence-corrected chi connectivity index (χ0v) is 10.4. The maximum absolute atomic E-state index is 11.2. The average Bonchev–Trinajstić information content (AvgIpc) is 2.12. The van der Waals surface area contributed by atoms with E-state index in [9.17, 15) is 9.90 Å². The lowest BCUT2D eigenvalue weighted by molar-refractivity contribution is -0.146. The summed E-state index contributed by atoms with van der Waals surface area (Å²) >= 11 is 0. The second-order valence-corrected chi connectivity index (χ2v) is 4.16. The van der Waals surface area contributed by atoms with Crippen LogP contribution in [-0.2, 0) is 9.53 Å². The molecule has 4 nitrogen and oxygen atoms in total. The van der Waals surface area contributed by atoms with Crippen molar-refractivity contribution in [2.75, 3.05) is 20.3 Å². The highest BCUT2D eigenvalue weighted by Gasteiger charge is 2.30. The Labute approximate surface area is 92.2 Å². The Morgan fingerprint density at radius 3 is 2.20 bits per heavy atom. The van der Waals surface area contributed by atoms with Gasteiger partial charge in [-0.15, -0.1) is 0 Å². The van der Waals surface area contributed by atoms with Crippen molar-refractivity contribution in [2.45, 2.75) is 39.8 Å². The Bertz CT molecular complexity index is 194. The molecular formula is C11H23NO3. The first-order valence-corrected chi connectivity index (χ1v) is 5.43. The van der Waals surface area contributed by atoms with Crippen LogP contribution in [0, 0.1) is 5.92 Å². The van der Waals surface area contributed by atoms with E-state index >= 15 is 0 Å². The number of methoxy groups -OCH3 is 1. The van der Waals surface area contributed by atoms with Crippen LogP contribution in [0.15, 0.2) is 0 Å². The lowest BCUT2D eigenvalue weighted by Gasteiger charge is -2.34. The monoisotopic (exact) mass is 217 g/mol. The van der Waals surface area contributed by atoms with E-state index in [1.165, 1.54) is 0 Å². The molecule has 0 saturated carbocycles. The summed E-state index contributed by atoms with van der Waals surface area (Å²) in [5.74, 6) is -0.656. The Hall–Kier alpha value is -0.610. The lowest BCUT2D eigenvalue weighted by Crippen LogP contribution is -2.50. The molecule has 90 valence electrons. The fourth-order valence-corrected chi connectivity index (χ4v) is 1.93. The van der Waals surface area contributed by atoms with Crippen LogP contribution in [0.5, 0.6) is 0 Å². The van der Waals surface area contributed by atoms with Gasteiger partial charge in [0.2, 0.25) is 0 Å². The zero-order chi connectivity index (χ0) is 12.0. The summed E-state index contributed by atoms with van der Waals surface area (Å²) in [5.41, 5.74) is 0. The summed E-state index contributed by atoms with van der Waals surface area (Å²) in [6, 6.07) is -0.302. The molecule has 0 amide bonds. The maximum Gasteiger partial charge on any atom is 0.321 e. The first-order chi connectivity index (χ1) is 6.95. The van der Waals surface area contributed by atoms with E-state index in [1.807, 2.05) is 32.6 Å². The minimum Gasteiger partial charge on any atom is -0.480 e. The molecule has 0 aliphatic heterocycles. The molecule has 0 rings (SSSR count). The van der Waals surface area contributed by atoms with E-state index in [-0.39, 0.29) is 12.0 Å². The van der Waals surface area contributed by atoms with Gasteiger partial charge >= 0.3 is 5.97 Å². The third-order valence-corrected chi connectivity index (χ3v) is 2.58. The van der Waals surface area contributed by atoms with E-state index in [0.29, 0.717) is 6.61 Å². The van der Waals surface area contributed by atoms with E-state index in [0.717, 1.165) is 6.54 Å². The number of hydrogen-bond donors (Lipinski definition) is 1. The third kappa shape index (κ3) is 4.18. The van der Waals surface area contributed by atoms with Crippen molar-refractivity contribution in [1.82, 2.24) is 4.90 Å². The molecule has 0 aliphatic rings. The fourth-order valence-electron chi connectivity index (χ4n) is 1.93. The first-order valence-electron chi connectivity index (χ1n) is 5.43. The quantitative estimate of drug-likeness (QED) is 0.701. The van der Waals surface area contributed by atoms with Gasteiger partial charge in [0.05, 0.1) is 6.61 Å². The summed E-state index contributed by atoms with van der Waals surface area (Å²) in [6.07, 6.45) is 0. The summed E-state index contributed by atoms with van der Waals surface area (Å²) in [4.78, 5) is 13.1. The lowest BCUT2D eigenvalue weighted by atomic mass is 10.0. The number of carboxylic acids is 1. The van der Waals surface area contributed by atoms with Gasteiger partial charge in [-0.25, -0.2) is 0 Å². The molecule has 2 unspecified atom stereocenters. The van der Waals surface area contributed by atoms with Gasteiger partial charge in [-0.1, -0.05) is 20.8 Å². The fraction of sp³-hybridized carbons (Fsp3) is 0.909. The molecular weight excluding hydrogens is 194 g/mol. The predicted molar refractivity (Wildman–Crippen MR) is 60.0 cm³/mol. The predicted octanol–water partition coefficient (Wildman–Crippen LogP) is 1.45. The molecule has 0 aliphatic carbocycles. The molecule has 0 aromatic rings. The van der Waals surface area contributed by atoms with Crippen molar-refractivity contribution < 1.29 is 14.6 Å². The van der Waals surface area contributed by atoms with Gasteiger partial charge in [0, 0.05) is 13.2 Å². The van der Waals surface area contributed by atoms with Gasteiger partial charge in [0.15, 0.2) is 0 Å². The highest BCUT2D eigenvalue weighted by molar-refractivity contribution is 5.73. The number of ether oxygens (including phenoxy) is 1. The SMILES string of the molecule is CCN(C(C)COC)C(C(=O)O)C(C)C. The molecule has 0 aromatic heterocycles. The van der Waals surface area contributed by atoms with Crippen LogP contribution >= 0.6 is 0 Å². The largest absolute Gasteiger partial charge is 0.480 e. The van der Waals surface area contributed by atoms with Gasteiger partial charge < -0.3 is 9.84 Å². The van der Waals surface area contributed by atoms with Crippen molar-refractivity contribution in [3.8, 4) is 0 Å². The Balaban J connectivity index is 4.65. The molecule has 0 radical (unpaired) electrons. The number of rotatable bonds is 7. The summed E-state index contributed by atoms with van der Waals surface area (Å²) in [5, 5.41) is 9.18. The Kier molecular flexibility index (Phi) is 6.52. The van der Waals surface area contributed by atoms with E-state index < -0.39 is 12.0 Å². The van der Waals surface area contributed by atoms with Crippen LogP contribution < -0.4 is 0 Å². The molecule has 0 aromatic carbocycles. The molecule has 0 bridgehead atoms. The molecule has 4 heteroatoms. The second-order valence-electron chi connectivity index (χ2n) is 4.16. The first kappa shape index (κ1) is 14.4. The van der Waals surface area contributed by atoms with Crippen LogP contribution in [0.3, 0.4) is 0 Å². The number of hydrogen-bond acceptors (Lipinski definition) is 3. The number of nitrogens with zero attached hydrogens (tertiary/aromatic N) is 1. The smallest absolute Gasteiger partial charge is 0.321 e. The summed E-state index contributed by atoms with van der Waals surface area (Å²) in [6.45, 7) is 9.11. The number of carbonyl (C=O) groups is 1. The number of carboxylic acid groups (broad SMARTS) is 1. The average molecular weight is 217 g/mol. The van der Waals surface area contributed by atoms with Gasteiger partial charge in [0.25, 0.3) is 0 Å². The van der Waals surface area contributed by atoms with Gasteiger partial charge in [-0.05, 0) is 19.4 Å². The maximum atomic E-state index is 11.2. The van der Waals surface area contributed by atoms with Crippen molar-refractivity contribution in [3.05, 3.63) is 0 Å². The minimum absolute atomic E-state index is 0.0988. The topological polar surface area (TPSA) is 49.8 Å². The van der Waals surface area contributed by atoms with Gasteiger partial charge in [0.1, 0.15) is 6.04 Å². The minimum atomic E-state index is -0.755. The van der Waals surface area contributed by atoms with Crippen molar-refractivity contribution >= 4 is 5.97 Å². The van der Waals surface area contributed by atoms with E-state index in [4.69, 9.17) is 4.74 Å². The standard InChI is InChI=1S/C11H23NO3/c1-6-12(9(4)7-15-5)10(8(2)3)11(13)14/h8-10H,6-7H2,1-5H3,(H,13,14). The molecule has 0 heterocycles. The molecule has 0 saturated heterocycles. The summed E-state index contributed by atoms with van der Waals surface area (Å²) < 4.78 is 5.06. The molecule has 0 spiro atoms. The Morgan fingerprint density at radius 1 is 1.40 bits per heavy atom. The number of likely N-dealkylation sites (N-methyl/N-ethyl adjacent to an activating group) is 1. The molecule has 2 atom stereocenters. The highest BCUT2D eigenvalue weighted by atomic mass is 16.5. The van der Waals surface area contributed by atoms with Crippen LogP contribution in [0.25, 0.3) is 0 Å². The van der Waals surface area contributed by atoms with E-state index in [1.54, 1.807) is 7.11 Å². The van der Waals surface area contributed by atoms with Crippen LogP contribution in [0.4, 0.5) is 0 Å². The highest BCUT2D eigenvalue weighted by Crippen LogP contribution is 2.14. The second kappa shape index (κ2) is 6.80. The molecule has 0 fully saturated rings. The molecule has 1 N–H and O–H groups in total. The van der Waals surface area contributed by atoms with Gasteiger partial charge in [-0.2, -0.15) is 0 Å². The molecule has 15 heavy (non-hydrogen) atoms. The van der Waals surface area contributed by atoms with Crippen molar-refractivity contribution in [2.24, 2.45) is 5.92 Å². The number of aliphatic carboxylic acids is 1. The normalized spacial score (nSPS) is 15.7.